The van der Waals surface area contributed by atoms with E-state index in [-0.39, 0.29) is 17.6 Å². The summed E-state index contributed by atoms with van der Waals surface area (Å²) >= 11 is 0. The summed E-state index contributed by atoms with van der Waals surface area (Å²) in [6.07, 6.45) is 0.789. The highest BCUT2D eigenvalue weighted by molar-refractivity contribution is 5.90. The summed E-state index contributed by atoms with van der Waals surface area (Å²) in [6, 6.07) is 21.0. The monoisotopic (exact) mass is 540 g/mol. The average Bonchev–Trinajstić information content (AvgIpc) is 3.32. The van der Waals surface area contributed by atoms with Crippen molar-refractivity contribution in [2.24, 2.45) is 5.73 Å². The van der Waals surface area contributed by atoms with Crippen molar-refractivity contribution in [2.45, 2.75) is 45.8 Å². The minimum atomic E-state index is -0.709. The lowest BCUT2D eigenvalue weighted by Crippen LogP contribution is -2.47. The number of hydrogen-bond donors (Lipinski definition) is 3. The molecule has 1 aromatic heterocycles. The molecule has 1 aliphatic heterocycles. The van der Waals surface area contributed by atoms with E-state index in [1.807, 2.05) is 55.5 Å². The molecule has 206 valence electrons. The summed E-state index contributed by atoms with van der Waals surface area (Å²) < 4.78 is 15.7. The molecule has 0 aliphatic carbocycles. The van der Waals surface area contributed by atoms with Gasteiger partial charge in [0.25, 0.3) is 0 Å². The van der Waals surface area contributed by atoms with Crippen LogP contribution in [0.5, 0.6) is 0 Å². The number of carbonyl (C=O) groups is 2. The van der Waals surface area contributed by atoms with Crippen LogP contribution in [-0.2, 0) is 29.1 Å². The Bertz CT molecular complexity index is 1500. The second-order valence-electron chi connectivity index (χ2n) is 10.0. The van der Waals surface area contributed by atoms with E-state index in [9.17, 15) is 14.0 Å². The average molecular weight is 541 g/mol. The molecule has 0 bridgehead atoms. The van der Waals surface area contributed by atoms with E-state index in [2.05, 4.69) is 15.2 Å². The molecule has 2 heterocycles. The molecule has 3 aromatic carbocycles. The standard InChI is InChI=1S/C31H33FN6O2/c1-3-28(39)34-24-14-6-21(7-15-24)18-26(33)31(40)37-16-17-38-27(19-37)36-29(22-8-10-23(32)11-9-22)30(38)35-25-12-4-20(2)5-13-25/h4-15,26,35H,3,16-19,33H2,1-2H3,(H,34,39)/t26-/m0/s1. The Morgan fingerprint density at radius 3 is 2.33 bits per heavy atom. The summed E-state index contributed by atoms with van der Waals surface area (Å²) in [6.45, 7) is 5.18. The molecule has 0 saturated carbocycles. The van der Waals surface area contributed by atoms with Gasteiger partial charge < -0.3 is 25.8 Å². The number of aromatic nitrogens is 2. The molecule has 8 nitrogen and oxygen atoms in total. The number of nitrogens with one attached hydrogen (secondary N) is 2. The van der Waals surface area contributed by atoms with Crippen molar-refractivity contribution >= 4 is 29.0 Å². The van der Waals surface area contributed by atoms with E-state index in [4.69, 9.17) is 10.7 Å². The second kappa shape index (κ2) is 11.7. The van der Waals surface area contributed by atoms with Crippen molar-refractivity contribution in [3.63, 3.8) is 0 Å². The summed E-state index contributed by atoms with van der Waals surface area (Å²) in [5.41, 5.74) is 11.5. The number of amides is 2. The van der Waals surface area contributed by atoms with Gasteiger partial charge in [0.2, 0.25) is 11.8 Å². The highest BCUT2D eigenvalue weighted by atomic mass is 19.1. The van der Waals surface area contributed by atoms with Crippen molar-refractivity contribution in [2.75, 3.05) is 17.2 Å². The number of rotatable bonds is 8. The van der Waals surface area contributed by atoms with Gasteiger partial charge in [-0.3, -0.25) is 9.59 Å². The van der Waals surface area contributed by atoms with Gasteiger partial charge >= 0.3 is 0 Å². The Balaban J connectivity index is 1.33. The molecule has 9 heteroatoms. The molecule has 0 unspecified atom stereocenters. The van der Waals surface area contributed by atoms with Gasteiger partial charge in [0.1, 0.15) is 23.2 Å². The molecular weight excluding hydrogens is 507 g/mol. The molecule has 40 heavy (non-hydrogen) atoms. The van der Waals surface area contributed by atoms with E-state index in [0.717, 1.165) is 34.0 Å². The van der Waals surface area contributed by atoms with Crippen LogP contribution in [0.3, 0.4) is 0 Å². The van der Waals surface area contributed by atoms with Crippen LogP contribution in [0.2, 0.25) is 0 Å². The number of nitrogens with zero attached hydrogens (tertiary/aromatic N) is 3. The van der Waals surface area contributed by atoms with Crippen LogP contribution >= 0.6 is 0 Å². The van der Waals surface area contributed by atoms with Gasteiger partial charge in [-0.15, -0.1) is 0 Å². The molecule has 0 saturated heterocycles. The SMILES string of the molecule is CCC(=O)Nc1ccc(C[C@H](N)C(=O)N2CCn3c(nc(-c4ccc(F)cc4)c3Nc3ccc(C)cc3)C2)cc1. The Kier molecular flexibility index (Phi) is 7.93. The highest BCUT2D eigenvalue weighted by Crippen LogP contribution is 2.33. The van der Waals surface area contributed by atoms with E-state index in [1.165, 1.54) is 12.1 Å². The molecule has 1 aliphatic rings. The fraction of sp³-hybridized carbons (Fsp3) is 0.258. The fourth-order valence-corrected chi connectivity index (χ4v) is 4.78. The van der Waals surface area contributed by atoms with E-state index in [1.54, 1.807) is 24.0 Å². The molecule has 2 amide bonds. The molecule has 4 aromatic rings. The van der Waals surface area contributed by atoms with Crippen molar-refractivity contribution in [1.29, 1.82) is 0 Å². The summed E-state index contributed by atoms with van der Waals surface area (Å²) in [7, 11) is 0. The van der Waals surface area contributed by atoms with Crippen LogP contribution < -0.4 is 16.4 Å². The third-order valence-electron chi connectivity index (χ3n) is 7.05. The normalized spacial score (nSPS) is 13.4. The molecule has 4 N–H and O–H groups in total. The van der Waals surface area contributed by atoms with Gasteiger partial charge in [-0.1, -0.05) is 36.8 Å². The zero-order valence-corrected chi connectivity index (χ0v) is 22.7. The van der Waals surface area contributed by atoms with Gasteiger partial charge in [0.15, 0.2) is 0 Å². The van der Waals surface area contributed by atoms with Crippen LogP contribution in [0.4, 0.5) is 21.6 Å². The molecular formula is C31H33FN6O2. The quantitative estimate of drug-likeness (QED) is 0.292. The van der Waals surface area contributed by atoms with Gasteiger partial charge in [-0.2, -0.15) is 0 Å². The maximum atomic E-state index is 13.7. The Hall–Kier alpha value is -4.50. The number of benzene rings is 3. The molecule has 5 rings (SSSR count). The largest absolute Gasteiger partial charge is 0.340 e. The number of carbonyl (C=O) groups excluding carboxylic acids is 2. The van der Waals surface area contributed by atoms with Gasteiger partial charge in [-0.05, 0) is 67.4 Å². The minimum Gasteiger partial charge on any atom is -0.340 e. The number of fused-ring (bicyclic) bond motifs is 1. The van der Waals surface area contributed by atoms with Crippen molar-refractivity contribution in [3.8, 4) is 11.3 Å². The zero-order valence-electron chi connectivity index (χ0n) is 22.7. The number of halogens is 1. The van der Waals surface area contributed by atoms with Gasteiger partial charge in [0, 0.05) is 36.4 Å². The highest BCUT2D eigenvalue weighted by Gasteiger charge is 2.29. The van der Waals surface area contributed by atoms with E-state index >= 15 is 0 Å². The topological polar surface area (TPSA) is 105 Å². The number of imidazole rings is 1. The van der Waals surface area contributed by atoms with E-state index in [0.29, 0.717) is 43.9 Å². The van der Waals surface area contributed by atoms with Gasteiger partial charge in [-0.25, -0.2) is 9.37 Å². The van der Waals surface area contributed by atoms with Crippen LogP contribution in [0.1, 0.15) is 30.3 Å². The minimum absolute atomic E-state index is 0.0529. The third-order valence-corrected chi connectivity index (χ3v) is 7.05. The Morgan fingerprint density at radius 2 is 1.65 bits per heavy atom. The van der Waals surface area contributed by atoms with Crippen molar-refractivity contribution in [1.82, 2.24) is 14.5 Å². The fourth-order valence-electron chi connectivity index (χ4n) is 4.78. The number of aryl methyl sites for hydroxylation is 1. The Labute approximate surface area is 233 Å². The van der Waals surface area contributed by atoms with Crippen LogP contribution in [0, 0.1) is 12.7 Å². The lowest BCUT2D eigenvalue weighted by molar-refractivity contribution is -0.134. The molecule has 0 fully saturated rings. The first-order valence-corrected chi connectivity index (χ1v) is 13.4. The van der Waals surface area contributed by atoms with E-state index < -0.39 is 6.04 Å². The van der Waals surface area contributed by atoms with Crippen molar-refractivity contribution in [3.05, 3.63) is 95.6 Å². The lowest BCUT2D eigenvalue weighted by atomic mass is 10.0. The second-order valence-corrected chi connectivity index (χ2v) is 10.0. The maximum absolute atomic E-state index is 13.7. The first kappa shape index (κ1) is 27.1. The van der Waals surface area contributed by atoms with Crippen LogP contribution in [0.15, 0.2) is 72.8 Å². The first-order chi connectivity index (χ1) is 19.3. The zero-order chi connectivity index (χ0) is 28.2. The third kappa shape index (κ3) is 6.05. The number of nitrogens with two attached hydrogens (primary N) is 1. The predicted octanol–water partition coefficient (Wildman–Crippen LogP) is 5.00. The van der Waals surface area contributed by atoms with Gasteiger partial charge in [0.05, 0.1) is 12.6 Å². The molecule has 0 spiro atoms. The number of anilines is 3. The van der Waals surface area contributed by atoms with Crippen LogP contribution in [-0.4, -0.2) is 38.9 Å². The number of hydrogen-bond acceptors (Lipinski definition) is 5. The Morgan fingerprint density at radius 1 is 0.975 bits per heavy atom. The van der Waals surface area contributed by atoms with Crippen molar-refractivity contribution < 1.29 is 14.0 Å². The summed E-state index contributed by atoms with van der Waals surface area (Å²) in [5.74, 6) is 1.03. The lowest BCUT2D eigenvalue weighted by Gasteiger charge is -2.30. The first-order valence-electron chi connectivity index (χ1n) is 13.4. The smallest absolute Gasteiger partial charge is 0.240 e. The predicted molar refractivity (Wildman–Crippen MR) is 155 cm³/mol. The summed E-state index contributed by atoms with van der Waals surface area (Å²) in [5, 5.41) is 6.31. The molecule has 1 atom stereocenters. The molecule has 0 radical (unpaired) electrons. The maximum Gasteiger partial charge on any atom is 0.240 e. The van der Waals surface area contributed by atoms with Crippen LogP contribution in [0.25, 0.3) is 11.3 Å². The summed E-state index contributed by atoms with van der Waals surface area (Å²) in [4.78, 5) is 31.6.